The van der Waals surface area contributed by atoms with Gasteiger partial charge in [0.2, 0.25) is 0 Å². The van der Waals surface area contributed by atoms with Gasteiger partial charge < -0.3 is 10.1 Å². The van der Waals surface area contributed by atoms with Crippen LogP contribution in [0, 0.1) is 5.92 Å². The first-order valence-electron chi connectivity index (χ1n) is 6.64. The van der Waals surface area contributed by atoms with Crippen LogP contribution in [-0.2, 0) is 9.53 Å². The Balaban J connectivity index is 2.63. The number of carbonyl (C=O) groups excluding carboxylic acids is 1. The number of rotatable bonds is 5. The zero-order chi connectivity index (χ0) is 13.3. The van der Waals surface area contributed by atoms with Crippen LogP contribution in [0.5, 0.6) is 0 Å². The molecule has 0 spiro atoms. The Morgan fingerprint density at radius 2 is 2.00 bits per heavy atom. The summed E-state index contributed by atoms with van der Waals surface area (Å²) in [5, 5.41) is 3.29. The van der Waals surface area contributed by atoms with E-state index in [1.54, 1.807) is 0 Å². The highest BCUT2D eigenvalue weighted by atomic mass is 16.5. The normalized spacial score (nSPS) is 28.0. The molecule has 2 atom stereocenters. The van der Waals surface area contributed by atoms with Crippen LogP contribution in [0.25, 0.3) is 0 Å². The van der Waals surface area contributed by atoms with Crippen molar-refractivity contribution in [2.45, 2.75) is 71.6 Å². The lowest BCUT2D eigenvalue weighted by molar-refractivity contribution is -0.129. The molecule has 1 N–H and O–H groups in total. The van der Waals surface area contributed by atoms with Crippen molar-refractivity contribution in [2.24, 2.45) is 5.92 Å². The van der Waals surface area contributed by atoms with E-state index in [1.165, 1.54) is 0 Å². The van der Waals surface area contributed by atoms with E-state index in [2.05, 4.69) is 33.0 Å². The Labute approximate surface area is 105 Å². The fourth-order valence-electron chi connectivity index (χ4n) is 2.93. The Kier molecular flexibility index (Phi) is 4.37. The molecule has 0 radical (unpaired) electrons. The largest absolute Gasteiger partial charge is 0.369 e. The van der Waals surface area contributed by atoms with Gasteiger partial charge in [0.15, 0.2) is 0 Å². The van der Waals surface area contributed by atoms with Crippen LogP contribution in [0.4, 0.5) is 0 Å². The topological polar surface area (TPSA) is 38.3 Å². The summed E-state index contributed by atoms with van der Waals surface area (Å²) in [7, 11) is 0. The van der Waals surface area contributed by atoms with E-state index < -0.39 is 0 Å². The number of ether oxygens (including phenoxy) is 1. The highest BCUT2D eigenvalue weighted by Gasteiger charge is 2.48. The molecule has 17 heavy (non-hydrogen) atoms. The predicted octanol–water partition coefficient (Wildman–Crippen LogP) is 2.54. The molecule has 0 amide bonds. The van der Waals surface area contributed by atoms with Crippen molar-refractivity contribution in [1.82, 2.24) is 5.32 Å². The minimum Gasteiger partial charge on any atom is -0.369 e. The summed E-state index contributed by atoms with van der Waals surface area (Å²) in [5.41, 5.74) is -0.502. The number of hydrogen-bond acceptors (Lipinski definition) is 3. The summed E-state index contributed by atoms with van der Waals surface area (Å²) < 4.78 is 5.97. The number of carbonyl (C=O) groups is 1. The molecule has 0 bridgehead atoms. The second kappa shape index (κ2) is 5.07. The van der Waals surface area contributed by atoms with Crippen molar-refractivity contribution >= 4 is 5.78 Å². The fraction of sp³-hybridized carbons (Fsp3) is 0.929. The highest BCUT2D eigenvalue weighted by molar-refractivity contribution is 5.83. The number of Topliss-reactive ketones (excluding diaryl/α,β-unsaturated/α-hetero) is 1. The highest BCUT2D eigenvalue weighted by Crippen LogP contribution is 2.42. The lowest BCUT2D eigenvalue weighted by Crippen LogP contribution is -2.37. The fourth-order valence-corrected chi connectivity index (χ4v) is 2.93. The second-order valence-electron chi connectivity index (χ2n) is 6.35. The average Bonchev–Trinajstić information content (AvgIpc) is 2.34. The van der Waals surface area contributed by atoms with E-state index in [0.29, 0.717) is 12.2 Å². The Bertz CT molecular complexity index is 284. The number of nitrogens with one attached hydrogen (secondary N) is 1. The maximum absolute atomic E-state index is 12.3. The molecule has 3 nitrogen and oxygen atoms in total. The first-order chi connectivity index (χ1) is 7.68. The van der Waals surface area contributed by atoms with E-state index >= 15 is 0 Å². The summed E-state index contributed by atoms with van der Waals surface area (Å²) in [5.74, 6) is 0.354. The average molecular weight is 241 g/mol. The molecule has 0 saturated carbocycles. The molecule has 0 aliphatic carbocycles. The van der Waals surface area contributed by atoms with Gasteiger partial charge in [-0.1, -0.05) is 6.92 Å². The molecule has 1 aliphatic rings. The Hall–Kier alpha value is -0.410. The van der Waals surface area contributed by atoms with Crippen LogP contribution in [0.15, 0.2) is 0 Å². The molecular weight excluding hydrogens is 214 g/mol. The zero-order valence-corrected chi connectivity index (χ0v) is 12.1. The van der Waals surface area contributed by atoms with Gasteiger partial charge in [0, 0.05) is 18.4 Å². The lowest BCUT2D eigenvalue weighted by atomic mass is 9.82. The van der Waals surface area contributed by atoms with Crippen molar-refractivity contribution in [3.05, 3.63) is 0 Å². The third-order valence-electron chi connectivity index (χ3n) is 3.52. The molecule has 0 aromatic carbocycles. The predicted molar refractivity (Wildman–Crippen MR) is 70.1 cm³/mol. The van der Waals surface area contributed by atoms with Gasteiger partial charge >= 0.3 is 0 Å². The monoisotopic (exact) mass is 241 g/mol. The summed E-state index contributed by atoms with van der Waals surface area (Å²) >= 11 is 0. The number of hydrogen-bond donors (Lipinski definition) is 1. The van der Waals surface area contributed by atoms with Crippen molar-refractivity contribution < 1.29 is 9.53 Å². The molecule has 1 fully saturated rings. The second-order valence-corrected chi connectivity index (χ2v) is 6.35. The number of ketones is 1. The summed E-state index contributed by atoms with van der Waals surface area (Å²) in [6.07, 6.45) is 1.43. The van der Waals surface area contributed by atoms with Gasteiger partial charge in [-0.25, -0.2) is 0 Å². The van der Waals surface area contributed by atoms with Crippen molar-refractivity contribution in [3.63, 3.8) is 0 Å². The molecule has 1 heterocycles. The van der Waals surface area contributed by atoms with Crippen molar-refractivity contribution in [2.75, 3.05) is 6.54 Å². The summed E-state index contributed by atoms with van der Waals surface area (Å²) in [6, 6.07) is 0.256. The zero-order valence-electron chi connectivity index (χ0n) is 12.1. The summed E-state index contributed by atoms with van der Waals surface area (Å²) in [6.45, 7) is 13.2. The van der Waals surface area contributed by atoms with Crippen LogP contribution in [0.3, 0.4) is 0 Å². The van der Waals surface area contributed by atoms with E-state index in [-0.39, 0.29) is 23.2 Å². The third-order valence-corrected chi connectivity index (χ3v) is 3.52. The molecule has 0 aromatic rings. The van der Waals surface area contributed by atoms with E-state index in [1.807, 2.05) is 13.8 Å². The summed E-state index contributed by atoms with van der Waals surface area (Å²) in [4.78, 5) is 12.3. The standard InChI is InChI=1S/C14H27NO2/c1-7-15-10(2)8-12(16)11-9-13(3,4)17-14(11,5)6/h10-11,15H,7-9H2,1-6H3. The first-order valence-corrected chi connectivity index (χ1v) is 6.64. The molecule has 1 aliphatic heterocycles. The molecule has 3 heteroatoms. The van der Waals surface area contributed by atoms with Crippen LogP contribution >= 0.6 is 0 Å². The maximum atomic E-state index is 12.3. The molecule has 0 aromatic heterocycles. The quantitative estimate of drug-likeness (QED) is 0.804. The van der Waals surface area contributed by atoms with Gasteiger partial charge in [0.1, 0.15) is 5.78 Å². The SMILES string of the molecule is CCNC(C)CC(=O)C1CC(C)(C)OC1(C)C. The minimum absolute atomic E-state index is 0.0265. The van der Waals surface area contributed by atoms with E-state index in [9.17, 15) is 4.79 Å². The van der Waals surface area contributed by atoms with Gasteiger partial charge in [-0.3, -0.25) is 4.79 Å². The van der Waals surface area contributed by atoms with Gasteiger partial charge in [-0.05, 0) is 47.6 Å². The Morgan fingerprint density at radius 3 is 2.41 bits per heavy atom. The van der Waals surface area contributed by atoms with Crippen LogP contribution < -0.4 is 5.32 Å². The van der Waals surface area contributed by atoms with Gasteiger partial charge in [-0.15, -0.1) is 0 Å². The molecule has 100 valence electrons. The maximum Gasteiger partial charge on any atom is 0.140 e. The van der Waals surface area contributed by atoms with Crippen LogP contribution in [0.2, 0.25) is 0 Å². The third kappa shape index (κ3) is 3.78. The smallest absolute Gasteiger partial charge is 0.140 e. The van der Waals surface area contributed by atoms with Gasteiger partial charge in [-0.2, -0.15) is 0 Å². The minimum atomic E-state index is -0.327. The van der Waals surface area contributed by atoms with Gasteiger partial charge in [0.05, 0.1) is 11.2 Å². The Morgan fingerprint density at radius 1 is 1.41 bits per heavy atom. The first kappa shape index (κ1) is 14.7. The van der Waals surface area contributed by atoms with Gasteiger partial charge in [0.25, 0.3) is 0 Å². The molecule has 1 saturated heterocycles. The molecule has 2 unspecified atom stereocenters. The van der Waals surface area contributed by atoms with Crippen LogP contribution in [0.1, 0.15) is 54.4 Å². The van der Waals surface area contributed by atoms with Crippen LogP contribution in [-0.4, -0.2) is 29.6 Å². The van der Waals surface area contributed by atoms with Crippen molar-refractivity contribution in [1.29, 1.82) is 0 Å². The van der Waals surface area contributed by atoms with E-state index in [0.717, 1.165) is 13.0 Å². The molecular formula is C14H27NO2. The van der Waals surface area contributed by atoms with E-state index in [4.69, 9.17) is 4.74 Å². The van der Waals surface area contributed by atoms with Crippen molar-refractivity contribution in [3.8, 4) is 0 Å². The molecule has 1 rings (SSSR count). The lowest BCUT2D eigenvalue weighted by Gasteiger charge is -2.27.